The first-order chi connectivity index (χ1) is 7.57. The van der Waals surface area contributed by atoms with Gasteiger partial charge in [-0.1, -0.05) is 13.8 Å². The van der Waals surface area contributed by atoms with Crippen molar-refractivity contribution in [3.05, 3.63) is 29.4 Å². The standard InChI is InChI=1S/C12H16N2O2/c1-4-8-9(5-2)12(16,10(8)15)11-13-6-7-14(11)3/h6-7,16H,4-5H2,1-3H3. The third kappa shape index (κ3) is 1.13. The normalized spacial score (nSPS) is 24.9. The summed E-state index contributed by atoms with van der Waals surface area (Å²) in [6.45, 7) is 3.88. The van der Waals surface area contributed by atoms with Crippen LogP contribution < -0.4 is 0 Å². The third-order valence-electron chi connectivity index (χ3n) is 3.26. The molecule has 0 fully saturated rings. The van der Waals surface area contributed by atoms with E-state index in [0.717, 1.165) is 11.1 Å². The minimum absolute atomic E-state index is 0.193. The first-order valence-electron chi connectivity index (χ1n) is 5.54. The molecular weight excluding hydrogens is 204 g/mol. The van der Waals surface area contributed by atoms with E-state index in [9.17, 15) is 9.90 Å². The van der Waals surface area contributed by atoms with Gasteiger partial charge in [-0.25, -0.2) is 4.98 Å². The summed E-state index contributed by atoms with van der Waals surface area (Å²) in [6.07, 6.45) is 4.68. The van der Waals surface area contributed by atoms with Crippen LogP contribution in [0.5, 0.6) is 0 Å². The predicted octanol–water partition coefficient (Wildman–Crippen LogP) is 1.31. The van der Waals surface area contributed by atoms with Gasteiger partial charge in [0.25, 0.3) is 0 Å². The van der Waals surface area contributed by atoms with Gasteiger partial charge in [0.2, 0.25) is 11.4 Å². The van der Waals surface area contributed by atoms with E-state index < -0.39 is 5.60 Å². The molecule has 0 bridgehead atoms. The summed E-state index contributed by atoms with van der Waals surface area (Å²) in [5.74, 6) is 0.229. The molecule has 0 amide bonds. The van der Waals surface area contributed by atoms with Crippen LogP contribution in [-0.2, 0) is 17.4 Å². The van der Waals surface area contributed by atoms with E-state index in [1.807, 2.05) is 13.8 Å². The Labute approximate surface area is 94.6 Å². The van der Waals surface area contributed by atoms with Gasteiger partial charge in [-0.2, -0.15) is 0 Å². The second-order valence-electron chi connectivity index (χ2n) is 4.07. The molecule has 0 spiro atoms. The number of aromatic nitrogens is 2. The summed E-state index contributed by atoms with van der Waals surface area (Å²) in [4.78, 5) is 16.1. The summed E-state index contributed by atoms with van der Waals surface area (Å²) >= 11 is 0. The zero-order valence-electron chi connectivity index (χ0n) is 9.82. The molecule has 1 unspecified atom stereocenters. The number of carbonyl (C=O) groups is 1. The van der Waals surface area contributed by atoms with E-state index in [2.05, 4.69) is 4.98 Å². The number of ketones is 1. The van der Waals surface area contributed by atoms with E-state index in [1.165, 1.54) is 0 Å². The van der Waals surface area contributed by atoms with Crippen molar-refractivity contribution in [1.29, 1.82) is 0 Å². The van der Waals surface area contributed by atoms with E-state index in [4.69, 9.17) is 0 Å². The Hall–Kier alpha value is -1.42. The Kier molecular flexibility index (Phi) is 2.46. The molecule has 1 aliphatic carbocycles. The van der Waals surface area contributed by atoms with Crippen LogP contribution in [0.2, 0.25) is 0 Å². The molecule has 1 aromatic heterocycles. The van der Waals surface area contributed by atoms with Crippen LogP contribution in [0, 0.1) is 0 Å². The fourth-order valence-corrected chi connectivity index (χ4v) is 2.44. The van der Waals surface area contributed by atoms with Gasteiger partial charge in [-0.3, -0.25) is 4.79 Å². The van der Waals surface area contributed by atoms with Gasteiger partial charge in [-0.05, 0) is 18.4 Å². The minimum atomic E-state index is -1.47. The van der Waals surface area contributed by atoms with Gasteiger partial charge in [0, 0.05) is 25.0 Å². The number of hydrogen-bond acceptors (Lipinski definition) is 3. The molecule has 1 N–H and O–H groups in total. The lowest BCUT2D eigenvalue weighted by atomic mass is 9.69. The predicted molar refractivity (Wildman–Crippen MR) is 59.7 cm³/mol. The third-order valence-corrected chi connectivity index (χ3v) is 3.26. The Morgan fingerprint density at radius 3 is 2.56 bits per heavy atom. The van der Waals surface area contributed by atoms with Crippen LogP contribution in [0.25, 0.3) is 0 Å². The number of rotatable bonds is 3. The fourth-order valence-electron chi connectivity index (χ4n) is 2.44. The molecular formula is C12H16N2O2. The number of Topliss-reactive ketones (excluding diaryl/α,β-unsaturated/α-hetero) is 1. The zero-order valence-corrected chi connectivity index (χ0v) is 9.82. The lowest BCUT2D eigenvalue weighted by molar-refractivity contribution is -0.136. The monoisotopic (exact) mass is 220 g/mol. The smallest absolute Gasteiger partial charge is 0.207 e. The molecule has 2 rings (SSSR count). The molecule has 4 heteroatoms. The number of nitrogens with zero attached hydrogens (tertiary/aromatic N) is 2. The van der Waals surface area contributed by atoms with Crippen molar-refractivity contribution in [1.82, 2.24) is 9.55 Å². The summed E-state index contributed by atoms with van der Waals surface area (Å²) in [5.41, 5.74) is 0.0977. The van der Waals surface area contributed by atoms with Crippen molar-refractivity contribution >= 4 is 5.78 Å². The summed E-state index contributed by atoms with van der Waals surface area (Å²) < 4.78 is 1.69. The maximum absolute atomic E-state index is 12.0. The highest BCUT2D eigenvalue weighted by atomic mass is 16.3. The minimum Gasteiger partial charge on any atom is -0.371 e. The van der Waals surface area contributed by atoms with E-state index >= 15 is 0 Å². The molecule has 0 saturated heterocycles. The van der Waals surface area contributed by atoms with Gasteiger partial charge in [0.05, 0.1) is 0 Å². The van der Waals surface area contributed by atoms with Crippen molar-refractivity contribution in [2.75, 3.05) is 0 Å². The van der Waals surface area contributed by atoms with Crippen LogP contribution in [0.4, 0.5) is 0 Å². The van der Waals surface area contributed by atoms with Crippen LogP contribution in [0.1, 0.15) is 32.5 Å². The van der Waals surface area contributed by atoms with E-state index in [-0.39, 0.29) is 5.78 Å². The number of carbonyl (C=O) groups excluding carboxylic acids is 1. The quantitative estimate of drug-likeness (QED) is 0.835. The van der Waals surface area contributed by atoms with Crippen LogP contribution >= 0.6 is 0 Å². The van der Waals surface area contributed by atoms with Gasteiger partial charge in [-0.15, -0.1) is 0 Å². The molecule has 4 nitrogen and oxygen atoms in total. The maximum Gasteiger partial charge on any atom is 0.207 e. The molecule has 0 radical (unpaired) electrons. The van der Waals surface area contributed by atoms with E-state index in [1.54, 1.807) is 24.0 Å². The zero-order chi connectivity index (χ0) is 11.9. The van der Waals surface area contributed by atoms with Crippen molar-refractivity contribution in [3.8, 4) is 0 Å². The number of aryl methyl sites for hydroxylation is 1. The Morgan fingerprint density at radius 1 is 1.44 bits per heavy atom. The SMILES string of the molecule is CCC1=C(CC)C(O)(c2nccn2C)C1=O. The first kappa shape index (κ1) is 11.1. The van der Waals surface area contributed by atoms with Gasteiger partial charge < -0.3 is 9.67 Å². The number of imidazole rings is 1. The van der Waals surface area contributed by atoms with Gasteiger partial charge in [0.1, 0.15) is 0 Å². The highest BCUT2D eigenvalue weighted by molar-refractivity contribution is 6.12. The van der Waals surface area contributed by atoms with Gasteiger partial charge >= 0.3 is 0 Å². The molecule has 0 aliphatic heterocycles. The Balaban J connectivity index is 2.54. The molecule has 16 heavy (non-hydrogen) atoms. The Morgan fingerprint density at radius 2 is 2.12 bits per heavy atom. The average Bonchev–Trinajstić information content (AvgIpc) is 2.70. The molecule has 1 aliphatic rings. The number of hydrogen-bond donors (Lipinski definition) is 1. The molecule has 1 heterocycles. The number of aliphatic hydroxyl groups is 1. The lowest BCUT2D eigenvalue weighted by Crippen LogP contribution is -2.49. The van der Waals surface area contributed by atoms with Crippen molar-refractivity contribution < 1.29 is 9.90 Å². The van der Waals surface area contributed by atoms with Crippen molar-refractivity contribution in [2.45, 2.75) is 32.3 Å². The summed E-state index contributed by atoms with van der Waals surface area (Å²) in [6, 6.07) is 0. The molecule has 0 aromatic carbocycles. The van der Waals surface area contributed by atoms with Crippen molar-refractivity contribution in [3.63, 3.8) is 0 Å². The molecule has 1 atom stereocenters. The molecule has 0 saturated carbocycles. The fraction of sp³-hybridized carbons (Fsp3) is 0.500. The Bertz CT molecular complexity index is 473. The highest BCUT2D eigenvalue weighted by Crippen LogP contribution is 2.45. The van der Waals surface area contributed by atoms with Gasteiger partial charge in [0.15, 0.2) is 5.82 Å². The first-order valence-corrected chi connectivity index (χ1v) is 5.54. The van der Waals surface area contributed by atoms with E-state index in [0.29, 0.717) is 18.7 Å². The lowest BCUT2D eigenvalue weighted by Gasteiger charge is -2.39. The second-order valence-corrected chi connectivity index (χ2v) is 4.07. The van der Waals surface area contributed by atoms with Crippen LogP contribution in [0.3, 0.4) is 0 Å². The topological polar surface area (TPSA) is 55.1 Å². The van der Waals surface area contributed by atoms with Crippen LogP contribution in [0.15, 0.2) is 23.5 Å². The largest absolute Gasteiger partial charge is 0.371 e. The summed E-state index contributed by atoms with van der Waals surface area (Å²) in [5, 5.41) is 10.5. The molecule has 86 valence electrons. The molecule has 1 aromatic rings. The maximum atomic E-state index is 12.0. The van der Waals surface area contributed by atoms with Crippen molar-refractivity contribution in [2.24, 2.45) is 7.05 Å². The second kappa shape index (κ2) is 3.56. The average molecular weight is 220 g/mol. The highest BCUT2D eigenvalue weighted by Gasteiger charge is 2.54. The van der Waals surface area contributed by atoms with Crippen LogP contribution in [-0.4, -0.2) is 20.4 Å². The summed E-state index contributed by atoms with van der Waals surface area (Å²) in [7, 11) is 1.78.